The van der Waals surface area contributed by atoms with Crippen LogP contribution in [0.2, 0.25) is 0 Å². The average Bonchev–Trinajstić information content (AvgIpc) is 3.07. The molecule has 0 radical (unpaired) electrons. The van der Waals surface area contributed by atoms with E-state index in [1.165, 1.54) is 27.7 Å². The fourth-order valence-electron chi connectivity index (χ4n) is 4.72. The fourth-order valence-corrected chi connectivity index (χ4v) is 4.72. The Labute approximate surface area is 303 Å². The predicted molar refractivity (Wildman–Crippen MR) is 189 cm³/mol. The fraction of sp³-hybridized carbons (Fsp3) is 0.588. The molecule has 0 spiro atoms. The summed E-state index contributed by atoms with van der Waals surface area (Å²) in [6, 6.07) is -0.00446. The van der Waals surface area contributed by atoms with Crippen LogP contribution in [0.25, 0.3) is 0 Å². The van der Waals surface area contributed by atoms with Crippen LogP contribution in [0, 0.1) is 11.8 Å². The molecule has 18 nitrogen and oxygen atoms in total. The van der Waals surface area contributed by atoms with Crippen molar-refractivity contribution >= 4 is 47.3 Å². The monoisotopic (exact) mass is 734 g/mol. The molecule has 1 aromatic rings. The zero-order valence-electron chi connectivity index (χ0n) is 30.8. The van der Waals surface area contributed by atoms with Crippen LogP contribution in [0.3, 0.4) is 0 Å². The number of carboxylic acid groups (broad SMARTS) is 1. The number of carbonyl (C=O) groups is 8. The van der Waals surface area contributed by atoms with Crippen LogP contribution in [-0.4, -0.2) is 112 Å². The average molecular weight is 735 g/mol. The van der Waals surface area contributed by atoms with Crippen LogP contribution in [0.4, 0.5) is 0 Å². The molecule has 0 aliphatic heterocycles. The van der Waals surface area contributed by atoms with Gasteiger partial charge in [0.15, 0.2) is 0 Å². The highest BCUT2D eigenvalue weighted by Gasteiger charge is 2.35. The van der Waals surface area contributed by atoms with Gasteiger partial charge in [0.05, 0.1) is 12.6 Å². The highest BCUT2D eigenvalue weighted by molar-refractivity contribution is 5.97. The molecule has 18 heteroatoms. The van der Waals surface area contributed by atoms with Gasteiger partial charge in [-0.1, -0.05) is 58.0 Å². The number of carboxylic acids is 1. The zero-order chi connectivity index (χ0) is 39.9. The van der Waals surface area contributed by atoms with E-state index in [0.717, 1.165) is 0 Å². The summed E-state index contributed by atoms with van der Waals surface area (Å²) in [5, 5.41) is 37.2. The first-order chi connectivity index (χ1) is 24.2. The van der Waals surface area contributed by atoms with Gasteiger partial charge in [-0.3, -0.25) is 33.6 Å². The van der Waals surface area contributed by atoms with E-state index in [2.05, 4.69) is 37.2 Å². The largest absolute Gasteiger partial charge is 0.480 e. The third-order valence-electron chi connectivity index (χ3n) is 7.91. The molecule has 0 aliphatic rings. The molecule has 290 valence electrons. The van der Waals surface area contributed by atoms with Gasteiger partial charge in [0.2, 0.25) is 41.4 Å². The maximum Gasteiger partial charge on any atom is 0.326 e. The van der Waals surface area contributed by atoms with Crippen molar-refractivity contribution in [3.05, 3.63) is 35.9 Å². The van der Waals surface area contributed by atoms with E-state index in [0.29, 0.717) is 5.56 Å². The molecule has 8 atom stereocenters. The maximum atomic E-state index is 13.3. The SMILES string of the molecule is CC(C)[C@H](NC(=O)[C@H](C)NC(=O)[C@H](C)NC(=O)CN)C(=O)N[C@@H](C)C(=O)N[C@H](C(=O)N[C@H](C(=O)N[C@@H](Cc1ccccc1)C(=O)O)C(C)C)[C@@H](C)O. The van der Waals surface area contributed by atoms with E-state index in [9.17, 15) is 48.6 Å². The lowest BCUT2D eigenvalue weighted by atomic mass is 10.0. The summed E-state index contributed by atoms with van der Waals surface area (Å²) in [5.74, 6) is -7.60. The molecule has 0 aromatic heterocycles. The number of aliphatic carboxylic acids is 1. The molecule has 0 unspecified atom stereocenters. The van der Waals surface area contributed by atoms with Crippen LogP contribution >= 0.6 is 0 Å². The Kier molecular flexibility index (Phi) is 18.4. The van der Waals surface area contributed by atoms with E-state index in [1.807, 2.05) is 0 Å². The van der Waals surface area contributed by atoms with Crippen LogP contribution < -0.4 is 43.0 Å². The number of aliphatic hydroxyl groups is 1. The van der Waals surface area contributed by atoms with E-state index in [4.69, 9.17) is 5.73 Å². The highest BCUT2D eigenvalue weighted by atomic mass is 16.4. The predicted octanol–water partition coefficient (Wildman–Crippen LogP) is -2.58. The number of hydrogen-bond donors (Lipinski definition) is 10. The van der Waals surface area contributed by atoms with Gasteiger partial charge < -0.3 is 53.2 Å². The van der Waals surface area contributed by atoms with E-state index < -0.39 is 108 Å². The number of carbonyl (C=O) groups excluding carboxylic acids is 7. The molecular weight excluding hydrogens is 680 g/mol. The highest BCUT2D eigenvalue weighted by Crippen LogP contribution is 2.09. The Bertz CT molecular complexity index is 1420. The summed E-state index contributed by atoms with van der Waals surface area (Å²) >= 11 is 0. The molecule has 0 saturated heterocycles. The lowest BCUT2D eigenvalue weighted by Gasteiger charge is -2.29. The zero-order valence-corrected chi connectivity index (χ0v) is 30.8. The molecule has 1 aromatic carbocycles. The summed E-state index contributed by atoms with van der Waals surface area (Å²) < 4.78 is 0. The number of rotatable bonds is 20. The van der Waals surface area contributed by atoms with Crippen molar-refractivity contribution in [1.29, 1.82) is 0 Å². The topological polar surface area (TPSA) is 287 Å². The molecule has 11 N–H and O–H groups in total. The minimum Gasteiger partial charge on any atom is -0.480 e. The first-order valence-electron chi connectivity index (χ1n) is 17.0. The number of aliphatic hydroxyl groups excluding tert-OH is 1. The lowest BCUT2D eigenvalue weighted by Crippen LogP contribution is -2.62. The Morgan fingerprint density at radius 2 is 0.942 bits per heavy atom. The summed E-state index contributed by atoms with van der Waals surface area (Å²) in [6.07, 6.45) is -1.47. The van der Waals surface area contributed by atoms with Crippen molar-refractivity contribution in [2.75, 3.05) is 6.54 Å². The van der Waals surface area contributed by atoms with Crippen molar-refractivity contribution in [1.82, 2.24) is 37.2 Å². The normalized spacial score (nSPS) is 15.7. The molecule has 0 saturated carbocycles. The quantitative estimate of drug-likeness (QED) is 0.0664. The number of nitrogens with two attached hydrogens (primary N) is 1. The van der Waals surface area contributed by atoms with Gasteiger partial charge in [0.25, 0.3) is 0 Å². The Balaban J connectivity index is 2.93. The third-order valence-corrected chi connectivity index (χ3v) is 7.91. The molecule has 7 amide bonds. The van der Waals surface area contributed by atoms with Gasteiger partial charge in [-0.05, 0) is 45.1 Å². The Hall–Kier alpha value is -5.10. The summed E-state index contributed by atoms with van der Waals surface area (Å²) in [6.45, 7) is 11.5. The first kappa shape index (κ1) is 44.9. The second-order valence-electron chi connectivity index (χ2n) is 13.2. The van der Waals surface area contributed by atoms with Gasteiger partial charge in [-0.15, -0.1) is 0 Å². The maximum absolute atomic E-state index is 13.3. The van der Waals surface area contributed by atoms with Crippen molar-refractivity contribution in [3.63, 3.8) is 0 Å². The van der Waals surface area contributed by atoms with Crippen LogP contribution in [0.1, 0.15) is 61.0 Å². The second kappa shape index (κ2) is 21.3. The second-order valence-corrected chi connectivity index (χ2v) is 13.2. The van der Waals surface area contributed by atoms with Crippen LogP contribution in [0.5, 0.6) is 0 Å². The summed E-state index contributed by atoms with van der Waals surface area (Å²) in [5.41, 5.74) is 5.90. The van der Waals surface area contributed by atoms with Crippen LogP contribution in [-0.2, 0) is 44.8 Å². The Morgan fingerprint density at radius 1 is 0.558 bits per heavy atom. The minimum atomic E-state index is -1.58. The van der Waals surface area contributed by atoms with E-state index in [-0.39, 0.29) is 13.0 Å². The standard InChI is InChI=1S/C34H54N8O10/c1-16(2)25(40-29(46)19(6)37-28(45)18(5)36-24(44)15-35)31(48)38-20(7)30(47)42-27(21(8)43)33(50)41-26(17(3)4)32(49)39-23(34(51)52)14-22-12-10-9-11-13-22/h9-13,16-21,23,25-27,43H,14-15,35H2,1-8H3,(H,36,44)(H,37,45)(H,38,48)(H,39,49)(H,40,46)(H,41,50)(H,42,47)(H,51,52)/t18-,19-,20-,21+,23-,25-,26-,27-/m0/s1. The summed E-state index contributed by atoms with van der Waals surface area (Å²) in [7, 11) is 0. The summed E-state index contributed by atoms with van der Waals surface area (Å²) in [4.78, 5) is 101. The van der Waals surface area contributed by atoms with Crippen molar-refractivity contribution in [2.24, 2.45) is 17.6 Å². The van der Waals surface area contributed by atoms with E-state index in [1.54, 1.807) is 58.0 Å². The first-order valence-corrected chi connectivity index (χ1v) is 17.0. The number of amides is 7. The molecular formula is C34H54N8O10. The Morgan fingerprint density at radius 3 is 1.38 bits per heavy atom. The van der Waals surface area contributed by atoms with Crippen molar-refractivity contribution in [2.45, 2.75) is 110 Å². The third kappa shape index (κ3) is 14.6. The van der Waals surface area contributed by atoms with Gasteiger partial charge in [-0.2, -0.15) is 0 Å². The molecule has 0 bridgehead atoms. The van der Waals surface area contributed by atoms with Gasteiger partial charge in [-0.25, -0.2) is 4.79 Å². The molecule has 0 heterocycles. The lowest BCUT2D eigenvalue weighted by molar-refractivity contribution is -0.142. The van der Waals surface area contributed by atoms with Gasteiger partial charge in [0.1, 0.15) is 42.3 Å². The van der Waals surface area contributed by atoms with Crippen molar-refractivity contribution < 1.29 is 48.6 Å². The van der Waals surface area contributed by atoms with Crippen molar-refractivity contribution in [3.8, 4) is 0 Å². The van der Waals surface area contributed by atoms with Crippen LogP contribution in [0.15, 0.2) is 30.3 Å². The van der Waals surface area contributed by atoms with Gasteiger partial charge in [0, 0.05) is 6.42 Å². The minimum absolute atomic E-state index is 0.0106. The number of hydrogen-bond acceptors (Lipinski definition) is 10. The molecule has 1 rings (SSSR count). The smallest absolute Gasteiger partial charge is 0.326 e. The molecule has 52 heavy (non-hydrogen) atoms. The molecule has 0 fully saturated rings. The number of benzene rings is 1. The molecule has 0 aliphatic carbocycles. The van der Waals surface area contributed by atoms with Gasteiger partial charge >= 0.3 is 5.97 Å². The number of nitrogens with one attached hydrogen (secondary N) is 7. The van der Waals surface area contributed by atoms with E-state index >= 15 is 0 Å².